The summed E-state index contributed by atoms with van der Waals surface area (Å²) in [5.74, 6) is 1.80. The van der Waals surface area contributed by atoms with Crippen molar-refractivity contribution < 1.29 is 0 Å². The molecule has 0 aromatic rings. The van der Waals surface area contributed by atoms with Crippen LogP contribution in [0.5, 0.6) is 0 Å². The minimum absolute atomic E-state index is 0.341. The predicted molar refractivity (Wildman–Crippen MR) is 102 cm³/mol. The number of allylic oxidation sites excluding steroid dienone is 3. The Morgan fingerprint density at radius 1 is 1.19 bits per heavy atom. The summed E-state index contributed by atoms with van der Waals surface area (Å²) >= 11 is 5.52. The van der Waals surface area contributed by atoms with Gasteiger partial charge in [-0.2, -0.15) is 0 Å². The molecule has 0 saturated carbocycles. The molecule has 0 fully saturated rings. The van der Waals surface area contributed by atoms with Crippen LogP contribution in [-0.4, -0.2) is 4.86 Å². The molecule has 0 nitrogen and oxygen atoms in total. The quantitative estimate of drug-likeness (QED) is 0.309. The molecule has 2 unspecified atom stereocenters. The van der Waals surface area contributed by atoms with Crippen molar-refractivity contribution in [1.29, 1.82) is 0 Å². The molecule has 2 atom stereocenters. The van der Waals surface area contributed by atoms with Gasteiger partial charge in [0.05, 0.1) is 0 Å². The largest absolute Gasteiger partial charge is 0.103 e. The van der Waals surface area contributed by atoms with Crippen LogP contribution >= 0.6 is 12.2 Å². The van der Waals surface area contributed by atoms with Crippen LogP contribution < -0.4 is 0 Å². The Hall–Kier alpha value is -0.430. The number of thiocarbonyl (C=S) groups is 1. The van der Waals surface area contributed by atoms with Crippen LogP contribution in [0.2, 0.25) is 0 Å². The maximum Gasteiger partial charge on any atom is -0.00672 e. The first-order chi connectivity index (χ1) is 9.60. The highest BCUT2D eigenvalue weighted by Crippen LogP contribution is 2.36. The average Bonchev–Trinajstić information content (AvgIpc) is 2.35. The Morgan fingerprint density at radius 2 is 1.76 bits per heavy atom. The Labute approximate surface area is 139 Å². The number of rotatable bonds is 10. The van der Waals surface area contributed by atoms with Crippen LogP contribution in [0.25, 0.3) is 0 Å². The molecule has 0 aliphatic heterocycles. The maximum atomic E-state index is 5.52. The van der Waals surface area contributed by atoms with Crippen LogP contribution in [0.1, 0.15) is 74.1 Å². The molecule has 21 heavy (non-hydrogen) atoms. The molecule has 0 amide bonds. The fourth-order valence-electron chi connectivity index (χ4n) is 2.80. The van der Waals surface area contributed by atoms with E-state index in [1.54, 1.807) is 0 Å². The third kappa shape index (κ3) is 8.56. The van der Waals surface area contributed by atoms with E-state index in [1.165, 1.54) is 24.8 Å². The topological polar surface area (TPSA) is 0 Å². The molecule has 0 saturated heterocycles. The zero-order valence-corrected chi connectivity index (χ0v) is 16.1. The van der Waals surface area contributed by atoms with Crippen molar-refractivity contribution >= 4 is 17.1 Å². The summed E-state index contributed by atoms with van der Waals surface area (Å²) in [6, 6.07) is 0. The molecule has 0 bridgehead atoms. The van der Waals surface area contributed by atoms with Crippen molar-refractivity contribution in [2.24, 2.45) is 23.2 Å². The van der Waals surface area contributed by atoms with Crippen molar-refractivity contribution in [3.05, 3.63) is 24.3 Å². The first-order valence-corrected chi connectivity index (χ1v) is 8.79. The molecule has 0 radical (unpaired) electrons. The van der Waals surface area contributed by atoms with E-state index in [2.05, 4.69) is 61.1 Å². The lowest BCUT2D eigenvalue weighted by Crippen LogP contribution is -2.26. The molecule has 0 rings (SSSR count). The highest BCUT2D eigenvalue weighted by molar-refractivity contribution is 7.80. The maximum absolute atomic E-state index is 5.52. The average molecular weight is 309 g/mol. The molecule has 0 aliphatic rings. The fourth-order valence-corrected chi connectivity index (χ4v) is 3.11. The van der Waals surface area contributed by atoms with Gasteiger partial charge < -0.3 is 0 Å². The smallest absolute Gasteiger partial charge is 0.00672 e. The van der Waals surface area contributed by atoms with Gasteiger partial charge in [0.25, 0.3) is 0 Å². The van der Waals surface area contributed by atoms with E-state index in [0.717, 1.165) is 11.3 Å². The van der Waals surface area contributed by atoms with Crippen LogP contribution in [0.3, 0.4) is 0 Å². The van der Waals surface area contributed by atoms with Crippen molar-refractivity contribution in [2.45, 2.75) is 74.1 Å². The van der Waals surface area contributed by atoms with E-state index in [-0.39, 0.29) is 0 Å². The first-order valence-electron chi connectivity index (χ1n) is 8.38. The third-order valence-electron chi connectivity index (χ3n) is 4.72. The van der Waals surface area contributed by atoms with Gasteiger partial charge in [0.1, 0.15) is 0 Å². The van der Waals surface area contributed by atoms with Gasteiger partial charge in [0.2, 0.25) is 0 Å². The summed E-state index contributed by atoms with van der Waals surface area (Å²) in [4.78, 5) is 1.16. The van der Waals surface area contributed by atoms with Gasteiger partial charge in [-0.25, -0.2) is 0 Å². The second kappa shape index (κ2) is 9.56. The first kappa shape index (κ1) is 20.6. The van der Waals surface area contributed by atoms with Gasteiger partial charge in [-0.1, -0.05) is 64.6 Å². The lowest BCUT2D eigenvalue weighted by Gasteiger charge is -2.32. The molecule has 0 heterocycles. The Kier molecular flexibility index (Phi) is 9.36. The lowest BCUT2D eigenvalue weighted by atomic mass is 9.73. The summed E-state index contributed by atoms with van der Waals surface area (Å²) < 4.78 is 0. The molecule has 0 aromatic carbocycles. The van der Waals surface area contributed by atoms with E-state index in [4.69, 9.17) is 12.2 Å². The number of hydrogen-bond donors (Lipinski definition) is 0. The van der Waals surface area contributed by atoms with E-state index in [0.29, 0.717) is 23.2 Å². The Bertz CT molecular complexity index is 360. The third-order valence-corrected chi connectivity index (χ3v) is 5.02. The summed E-state index contributed by atoms with van der Waals surface area (Å²) in [5.41, 5.74) is 1.85. The van der Waals surface area contributed by atoms with Gasteiger partial charge in [0, 0.05) is 0 Å². The lowest BCUT2D eigenvalue weighted by molar-refractivity contribution is 0.247. The highest BCUT2D eigenvalue weighted by atomic mass is 32.1. The second-order valence-corrected chi connectivity index (χ2v) is 8.37. The van der Waals surface area contributed by atoms with Crippen LogP contribution in [0.4, 0.5) is 0 Å². The van der Waals surface area contributed by atoms with Crippen molar-refractivity contribution in [2.75, 3.05) is 0 Å². The van der Waals surface area contributed by atoms with Gasteiger partial charge >= 0.3 is 0 Å². The van der Waals surface area contributed by atoms with E-state index < -0.39 is 0 Å². The Morgan fingerprint density at radius 3 is 2.19 bits per heavy atom. The van der Waals surface area contributed by atoms with Gasteiger partial charge in [-0.15, -0.1) is 6.58 Å². The van der Waals surface area contributed by atoms with Gasteiger partial charge in [-0.3, -0.25) is 0 Å². The predicted octanol–water partition coefficient (Wildman–Crippen LogP) is 7.00. The van der Waals surface area contributed by atoms with Crippen LogP contribution in [0.15, 0.2) is 24.3 Å². The van der Waals surface area contributed by atoms with E-state index in [9.17, 15) is 0 Å². The van der Waals surface area contributed by atoms with Crippen molar-refractivity contribution in [3.63, 3.8) is 0 Å². The molecule has 0 aliphatic carbocycles. The molecule has 0 aromatic heterocycles. The molecular formula is C20H36S. The normalized spacial score (nSPS) is 15.9. The summed E-state index contributed by atoms with van der Waals surface area (Å²) in [6.45, 7) is 19.8. The minimum Gasteiger partial charge on any atom is -0.103 e. The van der Waals surface area contributed by atoms with Crippen molar-refractivity contribution in [1.82, 2.24) is 0 Å². The van der Waals surface area contributed by atoms with Gasteiger partial charge in [-0.05, 0) is 67.6 Å². The standard InChI is InChI=1S/C20H36S/c1-9-11-17(5)19(18(6)21)14-20(7,8)13-10-12-16(4)15(2)3/h9,12,15,17,19H,1,10-11,13-14H2,2-8H3/b16-12+. The van der Waals surface area contributed by atoms with Crippen LogP contribution in [-0.2, 0) is 0 Å². The van der Waals surface area contributed by atoms with E-state index >= 15 is 0 Å². The highest BCUT2D eigenvalue weighted by Gasteiger charge is 2.27. The number of hydrogen-bond acceptors (Lipinski definition) is 1. The summed E-state index contributed by atoms with van der Waals surface area (Å²) in [6.07, 6.45) is 9.09. The zero-order chi connectivity index (χ0) is 16.6. The van der Waals surface area contributed by atoms with Crippen LogP contribution in [0, 0.1) is 23.2 Å². The monoisotopic (exact) mass is 308 g/mol. The molecular weight excluding hydrogens is 272 g/mol. The van der Waals surface area contributed by atoms with Crippen molar-refractivity contribution in [3.8, 4) is 0 Å². The Balaban J connectivity index is 4.64. The molecule has 0 N–H and O–H groups in total. The fraction of sp³-hybridized carbons (Fsp3) is 0.750. The zero-order valence-electron chi connectivity index (χ0n) is 15.3. The van der Waals surface area contributed by atoms with E-state index in [1.807, 2.05) is 6.08 Å². The summed E-state index contributed by atoms with van der Waals surface area (Å²) in [5, 5.41) is 0. The second-order valence-electron chi connectivity index (χ2n) is 7.73. The SMILES string of the molecule is C=CCC(C)C(CC(C)(C)CC/C=C(\C)C(C)C)C(C)=S. The minimum atomic E-state index is 0.341. The molecule has 1 heteroatoms. The molecule has 0 spiro atoms. The summed E-state index contributed by atoms with van der Waals surface area (Å²) in [7, 11) is 0. The van der Waals surface area contributed by atoms with Gasteiger partial charge in [0.15, 0.2) is 0 Å². The molecule has 122 valence electrons.